The summed E-state index contributed by atoms with van der Waals surface area (Å²) in [6, 6.07) is 12.8. The van der Waals surface area contributed by atoms with Gasteiger partial charge in [-0.2, -0.15) is 0 Å². The minimum Gasteiger partial charge on any atom is -0.381 e. The molecule has 0 radical (unpaired) electrons. The lowest BCUT2D eigenvalue weighted by Gasteiger charge is -2.36. The number of amides is 1. The Morgan fingerprint density at radius 2 is 1.93 bits per heavy atom. The average molecular weight is 397 g/mol. The van der Waals surface area contributed by atoms with E-state index >= 15 is 0 Å². The fourth-order valence-corrected chi connectivity index (χ4v) is 4.64. The van der Waals surface area contributed by atoms with Crippen molar-refractivity contribution in [1.29, 1.82) is 0 Å². The minimum absolute atomic E-state index is 0.00292. The van der Waals surface area contributed by atoms with Gasteiger partial charge in [-0.25, -0.2) is 0 Å². The molecule has 156 valence electrons. The van der Waals surface area contributed by atoms with E-state index in [0.717, 1.165) is 68.6 Å². The first kappa shape index (κ1) is 20.3. The van der Waals surface area contributed by atoms with Crippen molar-refractivity contribution >= 4 is 16.8 Å². The van der Waals surface area contributed by atoms with Gasteiger partial charge in [0.1, 0.15) is 0 Å². The van der Waals surface area contributed by atoms with Crippen LogP contribution in [0, 0.1) is 5.92 Å². The molecule has 2 aromatic rings. The van der Waals surface area contributed by atoms with Crippen LogP contribution in [-0.2, 0) is 16.1 Å². The van der Waals surface area contributed by atoms with Crippen LogP contribution < -0.4 is 5.73 Å². The molecular weight excluding hydrogens is 364 g/mol. The molecule has 0 unspecified atom stereocenters. The minimum atomic E-state index is -0.00292. The molecule has 6 heteroatoms. The number of rotatable bonds is 4. The summed E-state index contributed by atoms with van der Waals surface area (Å²) in [4.78, 5) is 22.3. The SMILES string of the molecule is CN(Cc1ccc2ccccc2n1)C(=O)[C@@H]1CC[C@H](N)CN(C2CCOCC2)C1. The number of benzene rings is 1. The highest BCUT2D eigenvalue weighted by Gasteiger charge is 2.32. The van der Waals surface area contributed by atoms with Crippen LogP contribution in [0.25, 0.3) is 10.9 Å². The molecule has 0 bridgehead atoms. The zero-order valence-corrected chi connectivity index (χ0v) is 17.3. The molecule has 6 nitrogen and oxygen atoms in total. The molecule has 2 N–H and O–H groups in total. The molecule has 29 heavy (non-hydrogen) atoms. The molecule has 1 aromatic carbocycles. The van der Waals surface area contributed by atoms with Crippen molar-refractivity contribution in [2.45, 2.75) is 44.3 Å². The average Bonchev–Trinajstić information content (AvgIpc) is 2.95. The third kappa shape index (κ3) is 4.94. The third-order valence-corrected chi connectivity index (χ3v) is 6.30. The van der Waals surface area contributed by atoms with Gasteiger partial charge in [-0.3, -0.25) is 14.7 Å². The maximum absolute atomic E-state index is 13.3. The van der Waals surface area contributed by atoms with E-state index in [0.29, 0.717) is 12.6 Å². The lowest BCUT2D eigenvalue weighted by Crippen LogP contribution is -2.47. The van der Waals surface area contributed by atoms with Gasteiger partial charge in [0.05, 0.1) is 23.7 Å². The number of nitrogens with zero attached hydrogens (tertiary/aromatic N) is 3. The summed E-state index contributed by atoms with van der Waals surface area (Å²) in [5, 5.41) is 1.12. The zero-order valence-electron chi connectivity index (χ0n) is 17.3. The Balaban J connectivity index is 1.43. The van der Waals surface area contributed by atoms with Crippen molar-refractivity contribution in [3.8, 4) is 0 Å². The van der Waals surface area contributed by atoms with Crippen molar-refractivity contribution in [3.05, 3.63) is 42.1 Å². The van der Waals surface area contributed by atoms with Gasteiger partial charge in [0.25, 0.3) is 0 Å². The van der Waals surface area contributed by atoms with Gasteiger partial charge in [-0.1, -0.05) is 24.3 Å². The molecule has 1 aromatic heterocycles. The summed E-state index contributed by atoms with van der Waals surface area (Å²) in [5.41, 5.74) is 8.23. The molecule has 0 spiro atoms. The summed E-state index contributed by atoms with van der Waals surface area (Å²) in [6.07, 6.45) is 3.82. The zero-order chi connectivity index (χ0) is 20.2. The predicted molar refractivity (Wildman–Crippen MR) is 114 cm³/mol. The van der Waals surface area contributed by atoms with E-state index in [4.69, 9.17) is 15.5 Å². The van der Waals surface area contributed by atoms with Crippen molar-refractivity contribution in [2.75, 3.05) is 33.4 Å². The predicted octanol–water partition coefficient (Wildman–Crippen LogP) is 2.41. The van der Waals surface area contributed by atoms with Crippen molar-refractivity contribution < 1.29 is 9.53 Å². The number of carbonyl (C=O) groups is 1. The van der Waals surface area contributed by atoms with Crippen LogP contribution in [0.2, 0.25) is 0 Å². The number of nitrogens with two attached hydrogens (primary N) is 1. The first-order valence-electron chi connectivity index (χ1n) is 10.8. The van der Waals surface area contributed by atoms with Crippen LogP contribution in [0.1, 0.15) is 31.4 Å². The number of carbonyl (C=O) groups excluding carboxylic acids is 1. The maximum atomic E-state index is 13.3. The second-order valence-corrected chi connectivity index (χ2v) is 8.52. The van der Waals surface area contributed by atoms with Crippen LogP contribution in [0.4, 0.5) is 0 Å². The Kier molecular flexibility index (Phi) is 6.43. The second kappa shape index (κ2) is 9.20. The van der Waals surface area contributed by atoms with E-state index in [1.54, 1.807) is 0 Å². The van der Waals surface area contributed by atoms with Crippen LogP contribution in [0.3, 0.4) is 0 Å². The molecule has 0 aliphatic carbocycles. The molecule has 2 saturated heterocycles. The number of fused-ring (bicyclic) bond motifs is 1. The number of hydrogen-bond acceptors (Lipinski definition) is 5. The van der Waals surface area contributed by atoms with Gasteiger partial charge >= 0.3 is 0 Å². The van der Waals surface area contributed by atoms with Gasteiger partial charge in [-0.15, -0.1) is 0 Å². The summed E-state index contributed by atoms with van der Waals surface area (Å²) < 4.78 is 5.52. The van der Waals surface area contributed by atoms with Gasteiger partial charge in [0, 0.05) is 50.8 Å². The standard InChI is InChI=1S/C23H32N4O2/c1-26(16-20-9-7-17-4-2-3-5-22(17)25-20)23(28)18-6-8-19(24)15-27(14-18)21-10-12-29-13-11-21/h2-5,7,9,18-19,21H,6,8,10-16,24H2,1H3/t18-,19+/m1/s1. The fourth-order valence-electron chi connectivity index (χ4n) is 4.64. The molecule has 2 aliphatic heterocycles. The van der Waals surface area contributed by atoms with Gasteiger partial charge < -0.3 is 15.4 Å². The monoisotopic (exact) mass is 396 g/mol. The van der Waals surface area contributed by atoms with E-state index in [1.165, 1.54) is 0 Å². The van der Waals surface area contributed by atoms with Crippen LogP contribution in [-0.4, -0.2) is 66.1 Å². The molecule has 3 heterocycles. The third-order valence-electron chi connectivity index (χ3n) is 6.30. The van der Waals surface area contributed by atoms with Crippen LogP contribution in [0.15, 0.2) is 36.4 Å². The fraction of sp³-hybridized carbons (Fsp3) is 0.565. The van der Waals surface area contributed by atoms with E-state index in [-0.39, 0.29) is 17.9 Å². The molecule has 0 saturated carbocycles. The summed E-state index contributed by atoms with van der Waals surface area (Å²) in [7, 11) is 1.89. The van der Waals surface area contributed by atoms with Crippen molar-refractivity contribution in [2.24, 2.45) is 11.7 Å². The highest BCUT2D eigenvalue weighted by molar-refractivity contribution is 5.80. The Labute approximate surface area is 173 Å². The largest absolute Gasteiger partial charge is 0.381 e. The molecular formula is C23H32N4O2. The Hall–Kier alpha value is -2.02. The first-order valence-corrected chi connectivity index (χ1v) is 10.8. The number of likely N-dealkylation sites (tertiary alicyclic amines) is 1. The quantitative estimate of drug-likeness (QED) is 0.859. The lowest BCUT2D eigenvalue weighted by molar-refractivity contribution is -0.135. The van der Waals surface area contributed by atoms with Crippen molar-refractivity contribution in [1.82, 2.24) is 14.8 Å². The topological polar surface area (TPSA) is 71.7 Å². The number of para-hydroxylation sites is 1. The lowest BCUT2D eigenvalue weighted by atomic mass is 9.99. The van der Waals surface area contributed by atoms with Crippen LogP contribution >= 0.6 is 0 Å². The number of pyridine rings is 1. The van der Waals surface area contributed by atoms with Gasteiger partial charge in [0.2, 0.25) is 5.91 Å². The van der Waals surface area contributed by atoms with Gasteiger partial charge in [-0.05, 0) is 37.8 Å². The molecule has 2 aliphatic rings. The van der Waals surface area contributed by atoms with E-state index < -0.39 is 0 Å². The summed E-state index contributed by atoms with van der Waals surface area (Å²) in [6.45, 7) is 3.83. The van der Waals surface area contributed by atoms with Crippen molar-refractivity contribution in [3.63, 3.8) is 0 Å². The van der Waals surface area contributed by atoms with E-state index in [9.17, 15) is 4.79 Å². The summed E-state index contributed by atoms with van der Waals surface area (Å²) in [5.74, 6) is 0.197. The smallest absolute Gasteiger partial charge is 0.227 e. The highest BCUT2D eigenvalue weighted by Crippen LogP contribution is 2.24. The second-order valence-electron chi connectivity index (χ2n) is 8.52. The number of aromatic nitrogens is 1. The molecule has 2 atom stereocenters. The Bertz CT molecular complexity index is 836. The highest BCUT2D eigenvalue weighted by atomic mass is 16.5. The first-order chi connectivity index (χ1) is 14.1. The number of hydrogen-bond donors (Lipinski definition) is 1. The van der Waals surface area contributed by atoms with E-state index in [1.807, 2.05) is 36.2 Å². The number of ether oxygens (including phenoxy) is 1. The Morgan fingerprint density at radius 3 is 2.76 bits per heavy atom. The normalized spacial score (nSPS) is 24.3. The van der Waals surface area contributed by atoms with E-state index in [2.05, 4.69) is 17.0 Å². The molecule has 4 rings (SSSR count). The summed E-state index contributed by atoms with van der Waals surface area (Å²) >= 11 is 0. The van der Waals surface area contributed by atoms with Crippen LogP contribution in [0.5, 0.6) is 0 Å². The maximum Gasteiger partial charge on any atom is 0.227 e. The molecule has 2 fully saturated rings. The van der Waals surface area contributed by atoms with Gasteiger partial charge in [0.15, 0.2) is 0 Å². The Morgan fingerprint density at radius 1 is 1.14 bits per heavy atom. The molecule has 1 amide bonds.